The molecule has 1 unspecified atom stereocenters. The SMILES string of the molecule is O=C(C1CCO1)N1CCC2(CC1)C(=O)Nc1ccccc12. The number of hydrogen-bond donors (Lipinski definition) is 1. The number of carbonyl (C=O) groups is 2. The smallest absolute Gasteiger partial charge is 0.251 e. The van der Waals surface area contributed by atoms with Crippen LogP contribution in [0.4, 0.5) is 5.69 Å². The van der Waals surface area contributed by atoms with E-state index in [2.05, 4.69) is 5.32 Å². The van der Waals surface area contributed by atoms with Crippen molar-refractivity contribution in [3.63, 3.8) is 0 Å². The fourth-order valence-electron chi connectivity index (χ4n) is 3.61. The van der Waals surface area contributed by atoms with Crippen molar-refractivity contribution in [2.45, 2.75) is 30.8 Å². The van der Waals surface area contributed by atoms with Crippen LogP contribution in [0.5, 0.6) is 0 Å². The van der Waals surface area contributed by atoms with E-state index in [0.717, 1.165) is 17.7 Å². The molecule has 5 heteroatoms. The number of fused-ring (bicyclic) bond motifs is 2. The van der Waals surface area contributed by atoms with Crippen LogP contribution in [0.2, 0.25) is 0 Å². The summed E-state index contributed by atoms with van der Waals surface area (Å²) < 4.78 is 5.27. The first-order valence-corrected chi connectivity index (χ1v) is 7.52. The molecule has 0 aromatic heterocycles. The number of likely N-dealkylation sites (tertiary alicyclic amines) is 1. The molecule has 0 saturated carbocycles. The fraction of sp³-hybridized carbons (Fsp3) is 0.500. The zero-order valence-electron chi connectivity index (χ0n) is 11.8. The Hall–Kier alpha value is -1.88. The Kier molecular flexibility index (Phi) is 2.79. The van der Waals surface area contributed by atoms with Crippen molar-refractivity contribution in [2.24, 2.45) is 0 Å². The number of nitrogens with zero attached hydrogens (tertiary/aromatic N) is 1. The molecule has 5 nitrogen and oxygen atoms in total. The van der Waals surface area contributed by atoms with Gasteiger partial charge in [0.15, 0.2) is 0 Å². The lowest BCUT2D eigenvalue weighted by atomic mass is 9.73. The quantitative estimate of drug-likeness (QED) is 0.846. The minimum Gasteiger partial charge on any atom is -0.368 e. The van der Waals surface area contributed by atoms with Crippen LogP contribution in [-0.4, -0.2) is 42.5 Å². The van der Waals surface area contributed by atoms with Crippen LogP contribution in [0.3, 0.4) is 0 Å². The topological polar surface area (TPSA) is 58.6 Å². The Morgan fingerprint density at radius 1 is 1.29 bits per heavy atom. The third-order valence-electron chi connectivity index (χ3n) is 5.03. The summed E-state index contributed by atoms with van der Waals surface area (Å²) in [5, 5.41) is 2.98. The highest BCUT2D eigenvalue weighted by Gasteiger charge is 2.49. The Balaban J connectivity index is 1.54. The third-order valence-corrected chi connectivity index (χ3v) is 5.03. The number of anilines is 1. The molecule has 2 saturated heterocycles. The minimum atomic E-state index is -0.451. The predicted octanol–water partition coefficient (Wildman–Crippen LogP) is 1.29. The lowest BCUT2D eigenvalue weighted by Crippen LogP contribution is -2.52. The van der Waals surface area contributed by atoms with Gasteiger partial charge in [-0.25, -0.2) is 0 Å². The molecular weight excluding hydrogens is 268 g/mol. The maximum Gasteiger partial charge on any atom is 0.251 e. The number of ether oxygens (including phenoxy) is 1. The molecule has 1 spiro atoms. The molecule has 2 amide bonds. The van der Waals surface area contributed by atoms with Gasteiger partial charge in [-0.1, -0.05) is 18.2 Å². The van der Waals surface area contributed by atoms with Crippen molar-refractivity contribution < 1.29 is 14.3 Å². The van der Waals surface area contributed by atoms with Gasteiger partial charge in [-0.05, 0) is 24.5 Å². The fourth-order valence-corrected chi connectivity index (χ4v) is 3.61. The number of para-hydroxylation sites is 1. The van der Waals surface area contributed by atoms with E-state index < -0.39 is 5.41 Å². The molecule has 21 heavy (non-hydrogen) atoms. The van der Waals surface area contributed by atoms with E-state index in [1.54, 1.807) is 0 Å². The molecule has 1 aromatic rings. The second-order valence-corrected chi connectivity index (χ2v) is 6.06. The normalized spacial score (nSPS) is 26.2. The summed E-state index contributed by atoms with van der Waals surface area (Å²) in [6.07, 6.45) is 1.95. The summed E-state index contributed by atoms with van der Waals surface area (Å²) in [6, 6.07) is 7.88. The highest BCUT2D eigenvalue weighted by molar-refractivity contribution is 6.06. The van der Waals surface area contributed by atoms with E-state index >= 15 is 0 Å². The number of hydrogen-bond acceptors (Lipinski definition) is 3. The Morgan fingerprint density at radius 3 is 2.67 bits per heavy atom. The highest BCUT2D eigenvalue weighted by atomic mass is 16.5. The molecule has 1 atom stereocenters. The van der Waals surface area contributed by atoms with Crippen molar-refractivity contribution in [1.29, 1.82) is 0 Å². The van der Waals surface area contributed by atoms with Gasteiger partial charge in [0.1, 0.15) is 6.10 Å². The van der Waals surface area contributed by atoms with Crippen molar-refractivity contribution in [3.05, 3.63) is 29.8 Å². The molecule has 3 aliphatic heterocycles. The third kappa shape index (κ3) is 1.80. The summed E-state index contributed by atoms with van der Waals surface area (Å²) in [4.78, 5) is 26.5. The lowest BCUT2D eigenvalue weighted by Gasteiger charge is -2.40. The van der Waals surface area contributed by atoms with Crippen molar-refractivity contribution in [1.82, 2.24) is 4.90 Å². The molecule has 0 aliphatic carbocycles. The van der Waals surface area contributed by atoms with E-state index in [4.69, 9.17) is 4.74 Å². The Morgan fingerprint density at radius 2 is 2.00 bits per heavy atom. The van der Waals surface area contributed by atoms with Crippen molar-refractivity contribution in [2.75, 3.05) is 25.0 Å². The summed E-state index contributed by atoms with van der Waals surface area (Å²) in [5.41, 5.74) is 1.56. The van der Waals surface area contributed by atoms with Gasteiger partial charge in [0.05, 0.1) is 12.0 Å². The lowest BCUT2D eigenvalue weighted by molar-refractivity contribution is -0.158. The van der Waals surface area contributed by atoms with Crippen LogP contribution < -0.4 is 5.32 Å². The first-order valence-electron chi connectivity index (χ1n) is 7.52. The van der Waals surface area contributed by atoms with Gasteiger partial charge < -0.3 is 15.0 Å². The van der Waals surface area contributed by atoms with Crippen LogP contribution in [0.1, 0.15) is 24.8 Å². The van der Waals surface area contributed by atoms with Crippen molar-refractivity contribution in [3.8, 4) is 0 Å². The molecule has 1 N–H and O–H groups in total. The number of carbonyl (C=O) groups excluding carboxylic acids is 2. The number of amides is 2. The van der Waals surface area contributed by atoms with Gasteiger partial charge in [-0.15, -0.1) is 0 Å². The summed E-state index contributed by atoms with van der Waals surface area (Å²) >= 11 is 0. The van der Waals surface area contributed by atoms with E-state index in [1.165, 1.54) is 0 Å². The monoisotopic (exact) mass is 286 g/mol. The molecule has 110 valence electrons. The average Bonchev–Trinajstić information content (AvgIpc) is 2.71. The second-order valence-electron chi connectivity index (χ2n) is 6.06. The van der Waals surface area contributed by atoms with Crippen LogP contribution in [0.15, 0.2) is 24.3 Å². The summed E-state index contributed by atoms with van der Waals surface area (Å²) in [7, 11) is 0. The summed E-state index contributed by atoms with van der Waals surface area (Å²) in [5.74, 6) is 0.165. The van der Waals surface area contributed by atoms with Gasteiger partial charge >= 0.3 is 0 Å². The first-order chi connectivity index (χ1) is 10.2. The van der Waals surface area contributed by atoms with Gasteiger partial charge in [0, 0.05) is 25.2 Å². The van der Waals surface area contributed by atoms with Crippen LogP contribution in [0.25, 0.3) is 0 Å². The molecule has 3 heterocycles. The zero-order valence-corrected chi connectivity index (χ0v) is 11.8. The van der Waals surface area contributed by atoms with E-state index in [9.17, 15) is 9.59 Å². The number of piperidine rings is 1. The summed E-state index contributed by atoms with van der Waals surface area (Å²) in [6.45, 7) is 1.94. The number of benzene rings is 1. The molecule has 2 fully saturated rings. The molecule has 3 aliphatic rings. The molecule has 0 bridgehead atoms. The molecule has 0 radical (unpaired) electrons. The van der Waals surface area contributed by atoms with Crippen LogP contribution in [0, 0.1) is 0 Å². The van der Waals surface area contributed by atoms with Gasteiger partial charge in [0.25, 0.3) is 5.91 Å². The van der Waals surface area contributed by atoms with Gasteiger partial charge in [-0.3, -0.25) is 9.59 Å². The Bertz CT molecular complexity index is 601. The largest absolute Gasteiger partial charge is 0.368 e. The van der Waals surface area contributed by atoms with Crippen molar-refractivity contribution >= 4 is 17.5 Å². The number of rotatable bonds is 1. The molecule has 1 aromatic carbocycles. The van der Waals surface area contributed by atoms with E-state index in [1.807, 2.05) is 29.2 Å². The Labute approximate surface area is 123 Å². The van der Waals surface area contributed by atoms with E-state index in [-0.39, 0.29) is 17.9 Å². The predicted molar refractivity (Wildman–Crippen MR) is 76.9 cm³/mol. The minimum absolute atomic E-state index is 0.0793. The molecular formula is C16H18N2O3. The highest BCUT2D eigenvalue weighted by Crippen LogP contribution is 2.44. The maximum atomic E-state index is 12.4. The maximum absolute atomic E-state index is 12.4. The first kappa shape index (κ1) is 12.8. The average molecular weight is 286 g/mol. The van der Waals surface area contributed by atoms with E-state index in [0.29, 0.717) is 32.5 Å². The molecule has 4 rings (SSSR count). The van der Waals surface area contributed by atoms with Gasteiger partial charge in [-0.2, -0.15) is 0 Å². The number of nitrogens with one attached hydrogen (secondary N) is 1. The zero-order chi connectivity index (χ0) is 14.4. The van der Waals surface area contributed by atoms with Gasteiger partial charge in [0.2, 0.25) is 5.91 Å². The second kappa shape index (κ2) is 4.56. The standard InChI is InChI=1S/C16H18N2O3/c19-14(13-5-10-21-13)18-8-6-16(7-9-18)11-3-1-2-4-12(11)17-15(16)20/h1-4,13H,5-10H2,(H,17,20). The van der Waals surface area contributed by atoms with Crippen LogP contribution in [-0.2, 0) is 19.7 Å². The van der Waals surface area contributed by atoms with Crippen LogP contribution >= 0.6 is 0 Å².